The fourth-order valence-corrected chi connectivity index (χ4v) is 2.98. The van der Waals surface area contributed by atoms with Crippen molar-refractivity contribution in [2.75, 3.05) is 13.6 Å². The van der Waals surface area contributed by atoms with Gasteiger partial charge in [-0.25, -0.2) is 0 Å². The molecule has 0 unspecified atom stereocenters. The first-order valence-electron chi connectivity index (χ1n) is 7.70. The standard InChI is InChI=1S/C15H25N5O2/c1-10-7-11(2)20(18-10)6-4-5-14(21)19-9-12(16)8-13(19)15(22)17-3/h7,12-13H,4-6,8-9,16H2,1-3H3,(H,17,22)/t12-,13-/m0/s1. The van der Waals surface area contributed by atoms with Gasteiger partial charge in [0.1, 0.15) is 6.04 Å². The SMILES string of the molecule is CNC(=O)[C@@H]1C[C@H](N)CN1C(=O)CCCn1nc(C)cc1C. The van der Waals surface area contributed by atoms with Crippen molar-refractivity contribution in [3.8, 4) is 0 Å². The Morgan fingerprint density at radius 2 is 2.18 bits per heavy atom. The van der Waals surface area contributed by atoms with Gasteiger partial charge in [-0.2, -0.15) is 5.10 Å². The minimum Gasteiger partial charge on any atom is -0.357 e. The number of rotatable bonds is 5. The first-order valence-corrected chi connectivity index (χ1v) is 7.70. The molecular weight excluding hydrogens is 282 g/mol. The van der Waals surface area contributed by atoms with Gasteiger partial charge in [0.05, 0.1) is 5.69 Å². The third-order valence-corrected chi connectivity index (χ3v) is 4.07. The second-order valence-corrected chi connectivity index (χ2v) is 5.93. The second kappa shape index (κ2) is 6.91. The number of carbonyl (C=O) groups excluding carboxylic acids is 2. The van der Waals surface area contributed by atoms with Gasteiger partial charge >= 0.3 is 0 Å². The molecule has 2 heterocycles. The summed E-state index contributed by atoms with van der Waals surface area (Å²) in [5, 5.41) is 6.98. The molecule has 1 aromatic rings. The van der Waals surface area contributed by atoms with E-state index in [2.05, 4.69) is 10.4 Å². The van der Waals surface area contributed by atoms with E-state index in [1.165, 1.54) is 0 Å². The zero-order valence-corrected chi connectivity index (χ0v) is 13.5. The van der Waals surface area contributed by atoms with Crippen LogP contribution in [-0.2, 0) is 16.1 Å². The highest BCUT2D eigenvalue weighted by atomic mass is 16.2. The number of nitrogens with one attached hydrogen (secondary N) is 1. The van der Waals surface area contributed by atoms with Crippen LogP contribution in [0.4, 0.5) is 0 Å². The lowest BCUT2D eigenvalue weighted by molar-refractivity contribution is -0.138. The molecule has 1 fully saturated rings. The van der Waals surface area contributed by atoms with Crippen molar-refractivity contribution < 1.29 is 9.59 Å². The van der Waals surface area contributed by atoms with Gasteiger partial charge < -0.3 is 16.0 Å². The molecule has 7 nitrogen and oxygen atoms in total. The van der Waals surface area contributed by atoms with Crippen LogP contribution in [0.25, 0.3) is 0 Å². The molecular formula is C15H25N5O2. The van der Waals surface area contributed by atoms with E-state index >= 15 is 0 Å². The first-order chi connectivity index (χ1) is 10.4. The van der Waals surface area contributed by atoms with E-state index in [9.17, 15) is 9.59 Å². The highest BCUT2D eigenvalue weighted by molar-refractivity contribution is 5.88. The number of likely N-dealkylation sites (N-methyl/N-ethyl adjacent to an activating group) is 1. The number of likely N-dealkylation sites (tertiary alicyclic amines) is 1. The monoisotopic (exact) mass is 307 g/mol. The second-order valence-electron chi connectivity index (χ2n) is 5.93. The molecule has 7 heteroatoms. The zero-order chi connectivity index (χ0) is 16.3. The zero-order valence-electron chi connectivity index (χ0n) is 13.5. The van der Waals surface area contributed by atoms with Crippen LogP contribution >= 0.6 is 0 Å². The summed E-state index contributed by atoms with van der Waals surface area (Å²) in [4.78, 5) is 25.8. The van der Waals surface area contributed by atoms with E-state index in [4.69, 9.17) is 5.73 Å². The van der Waals surface area contributed by atoms with Crippen molar-refractivity contribution in [3.63, 3.8) is 0 Å². The highest BCUT2D eigenvalue weighted by Gasteiger charge is 2.37. The van der Waals surface area contributed by atoms with Crippen molar-refractivity contribution in [1.29, 1.82) is 0 Å². The molecule has 0 spiro atoms. The molecule has 1 saturated heterocycles. The number of amides is 2. The van der Waals surface area contributed by atoms with Gasteiger partial charge in [0.2, 0.25) is 11.8 Å². The van der Waals surface area contributed by atoms with Crippen molar-refractivity contribution in [2.24, 2.45) is 5.73 Å². The summed E-state index contributed by atoms with van der Waals surface area (Å²) in [5.74, 6) is -0.150. The molecule has 2 amide bonds. The summed E-state index contributed by atoms with van der Waals surface area (Å²) >= 11 is 0. The third-order valence-electron chi connectivity index (χ3n) is 4.07. The van der Waals surface area contributed by atoms with Gasteiger partial charge in [0.25, 0.3) is 0 Å². The average Bonchev–Trinajstić information content (AvgIpc) is 3.00. The maximum Gasteiger partial charge on any atom is 0.242 e. The fraction of sp³-hybridized carbons (Fsp3) is 0.667. The summed E-state index contributed by atoms with van der Waals surface area (Å²) in [5.41, 5.74) is 7.97. The molecule has 122 valence electrons. The Hall–Kier alpha value is -1.89. The molecule has 2 rings (SSSR count). The summed E-state index contributed by atoms with van der Waals surface area (Å²) in [6.45, 7) is 5.12. The molecule has 3 N–H and O–H groups in total. The van der Waals surface area contributed by atoms with Crippen molar-refractivity contribution in [3.05, 3.63) is 17.5 Å². The molecule has 0 aromatic carbocycles. The van der Waals surface area contributed by atoms with E-state index in [0.717, 1.165) is 11.4 Å². The Labute approximate surface area is 130 Å². The lowest BCUT2D eigenvalue weighted by Crippen LogP contribution is -2.45. The van der Waals surface area contributed by atoms with Crippen molar-refractivity contribution >= 4 is 11.8 Å². The van der Waals surface area contributed by atoms with E-state index < -0.39 is 6.04 Å². The van der Waals surface area contributed by atoms with Crippen molar-refractivity contribution in [1.82, 2.24) is 20.0 Å². The van der Waals surface area contributed by atoms with Crippen LogP contribution in [0.3, 0.4) is 0 Å². The smallest absolute Gasteiger partial charge is 0.242 e. The highest BCUT2D eigenvalue weighted by Crippen LogP contribution is 2.18. The Bertz CT molecular complexity index is 554. The predicted octanol–water partition coefficient (Wildman–Crippen LogP) is -0.0457. The van der Waals surface area contributed by atoms with Crippen LogP contribution in [0, 0.1) is 13.8 Å². The van der Waals surface area contributed by atoms with Gasteiger partial charge in [0.15, 0.2) is 0 Å². The predicted molar refractivity (Wildman–Crippen MR) is 83.1 cm³/mol. The van der Waals surface area contributed by atoms with E-state index in [1.807, 2.05) is 24.6 Å². The van der Waals surface area contributed by atoms with Gasteiger partial charge in [0, 0.05) is 38.3 Å². The van der Waals surface area contributed by atoms with Crippen LogP contribution in [0.5, 0.6) is 0 Å². The van der Waals surface area contributed by atoms with Gasteiger partial charge in [-0.15, -0.1) is 0 Å². The molecule has 0 aliphatic carbocycles. The molecule has 22 heavy (non-hydrogen) atoms. The number of nitrogens with two attached hydrogens (primary N) is 1. The molecule has 0 bridgehead atoms. The maximum absolute atomic E-state index is 12.4. The summed E-state index contributed by atoms with van der Waals surface area (Å²) in [7, 11) is 1.58. The number of nitrogens with zero attached hydrogens (tertiary/aromatic N) is 3. The summed E-state index contributed by atoms with van der Waals surface area (Å²) < 4.78 is 1.91. The lowest BCUT2D eigenvalue weighted by Gasteiger charge is -2.23. The van der Waals surface area contributed by atoms with E-state index in [1.54, 1.807) is 11.9 Å². The Morgan fingerprint density at radius 1 is 1.45 bits per heavy atom. The van der Waals surface area contributed by atoms with Gasteiger partial charge in [-0.1, -0.05) is 0 Å². The van der Waals surface area contributed by atoms with Crippen molar-refractivity contribution in [2.45, 2.75) is 51.7 Å². The largest absolute Gasteiger partial charge is 0.357 e. The average molecular weight is 307 g/mol. The first kappa shape index (κ1) is 16.5. The minimum absolute atomic E-state index is 0.0110. The normalized spacial score (nSPS) is 21.2. The van der Waals surface area contributed by atoms with Crippen LogP contribution in [0.1, 0.15) is 30.7 Å². The molecule has 0 saturated carbocycles. The summed E-state index contributed by atoms with van der Waals surface area (Å²) in [6, 6.07) is 1.46. The molecule has 1 aliphatic heterocycles. The molecule has 1 aromatic heterocycles. The van der Waals surface area contributed by atoms with Crippen LogP contribution in [0.15, 0.2) is 6.07 Å². The van der Waals surface area contributed by atoms with Crippen LogP contribution in [-0.4, -0.2) is 52.2 Å². The molecule has 2 atom stereocenters. The lowest BCUT2D eigenvalue weighted by atomic mass is 10.1. The fourth-order valence-electron chi connectivity index (χ4n) is 2.98. The summed E-state index contributed by atoms with van der Waals surface area (Å²) in [6.07, 6.45) is 1.63. The number of carbonyl (C=O) groups is 2. The van der Waals surface area contributed by atoms with E-state index in [0.29, 0.717) is 32.4 Å². The number of hydrogen-bond donors (Lipinski definition) is 2. The molecule has 1 aliphatic rings. The molecule has 0 radical (unpaired) electrons. The topological polar surface area (TPSA) is 93.3 Å². The van der Waals surface area contributed by atoms with Crippen LogP contribution in [0.2, 0.25) is 0 Å². The minimum atomic E-state index is -0.429. The quantitative estimate of drug-likeness (QED) is 0.798. The number of hydrogen-bond acceptors (Lipinski definition) is 4. The Balaban J connectivity index is 1.88. The third kappa shape index (κ3) is 3.65. The number of aryl methyl sites for hydroxylation is 3. The van der Waals surface area contributed by atoms with Gasteiger partial charge in [-0.3, -0.25) is 14.3 Å². The van der Waals surface area contributed by atoms with E-state index in [-0.39, 0.29) is 17.9 Å². The number of aromatic nitrogens is 2. The van der Waals surface area contributed by atoms with Gasteiger partial charge in [-0.05, 0) is 32.8 Å². The Kier molecular flexibility index (Phi) is 5.18. The Morgan fingerprint density at radius 3 is 2.77 bits per heavy atom. The van der Waals surface area contributed by atoms with Crippen LogP contribution < -0.4 is 11.1 Å². The maximum atomic E-state index is 12.4.